The Morgan fingerprint density at radius 3 is 2.66 bits per heavy atom. The lowest BCUT2D eigenvalue weighted by Crippen LogP contribution is -2.13. The molecule has 0 aliphatic heterocycles. The van der Waals surface area contributed by atoms with E-state index in [0.29, 0.717) is 16.1 Å². The molecule has 0 bridgehead atoms. The monoisotopic (exact) mass is 605 g/mol. The second kappa shape index (κ2) is 12.2. The van der Waals surface area contributed by atoms with Crippen molar-refractivity contribution in [2.24, 2.45) is 0 Å². The molecular weight excluding hydrogens is 584 g/mol. The molecule has 5 aromatic rings. The number of anilines is 1. The number of ether oxygens (including phenoxy) is 1. The van der Waals surface area contributed by atoms with Crippen LogP contribution in [0.3, 0.4) is 0 Å². The fourth-order valence-corrected chi connectivity index (χ4v) is 5.22. The smallest absolute Gasteiger partial charge is 0.393 e. The summed E-state index contributed by atoms with van der Waals surface area (Å²) in [7, 11) is -3.99. The van der Waals surface area contributed by atoms with Gasteiger partial charge < -0.3 is 28.4 Å². The predicted octanol–water partition coefficient (Wildman–Crippen LogP) is 4.31. The highest BCUT2D eigenvalue weighted by molar-refractivity contribution is 7.53. The van der Waals surface area contributed by atoms with Crippen LogP contribution < -0.4 is 17.1 Å². The van der Waals surface area contributed by atoms with E-state index in [-0.39, 0.29) is 48.4 Å². The van der Waals surface area contributed by atoms with E-state index in [4.69, 9.17) is 40.0 Å². The van der Waals surface area contributed by atoms with Crippen molar-refractivity contribution in [3.05, 3.63) is 98.0 Å². The van der Waals surface area contributed by atoms with Crippen molar-refractivity contribution in [1.82, 2.24) is 19.5 Å². The van der Waals surface area contributed by atoms with Crippen LogP contribution in [0.4, 0.5) is 10.3 Å². The Kier molecular flexibility index (Phi) is 8.47. The zero-order chi connectivity index (χ0) is 29.0. The minimum atomic E-state index is -3.99. The first-order chi connectivity index (χ1) is 19.7. The van der Waals surface area contributed by atoms with E-state index in [9.17, 15) is 18.5 Å². The summed E-state index contributed by atoms with van der Waals surface area (Å²) in [6.45, 7) is -0.409. The third-order valence-electron chi connectivity index (χ3n) is 5.68. The summed E-state index contributed by atoms with van der Waals surface area (Å²) in [6, 6.07) is 11.9. The SMILES string of the molecule is Nc1nc2c(ncn2CCOCP(=O)(OCc2cccc(Cl)c2)OCc2oc(=O)oc2-c2ccc(F)cc2)c(=O)[nH]1. The van der Waals surface area contributed by atoms with Crippen LogP contribution in [0, 0.1) is 5.82 Å². The minimum absolute atomic E-state index is 0.00828. The molecule has 0 radical (unpaired) electrons. The van der Waals surface area contributed by atoms with Gasteiger partial charge in [0.25, 0.3) is 5.56 Å². The van der Waals surface area contributed by atoms with Gasteiger partial charge in [-0.3, -0.25) is 18.9 Å². The van der Waals surface area contributed by atoms with Crippen LogP contribution in [0.5, 0.6) is 0 Å². The van der Waals surface area contributed by atoms with Crippen molar-refractivity contribution >= 4 is 36.3 Å². The number of nitrogens with two attached hydrogens (primary N) is 1. The number of nitrogens with one attached hydrogen (secondary N) is 1. The zero-order valence-corrected chi connectivity index (χ0v) is 22.8. The van der Waals surface area contributed by atoms with Crippen LogP contribution in [-0.2, 0) is 38.1 Å². The average molecular weight is 606 g/mol. The number of aromatic nitrogens is 4. The highest BCUT2D eigenvalue weighted by atomic mass is 35.5. The van der Waals surface area contributed by atoms with Gasteiger partial charge in [0.2, 0.25) is 5.95 Å². The van der Waals surface area contributed by atoms with Gasteiger partial charge in [0, 0.05) is 17.1 Å². The predicted molar refractivity (Wildman–Crippen MR) is 145 cm³/mol. The van der Waals surface area contributed by atoms with Crippen LogP contribution in [0.15, 0.2) is 73.3 Å². The largest absolute Gasteiger partial charge is 0.519 e. The molecule has 13 nitrogen and oxygen atoms in total. The van der Waals surface area contributed by atoms with Crippen LogP contribution in [0.1, 0.15) is 11.3 Å². The number of halogens is 2. The van der Waals surface area contributed by atoms with Crippen molar-refractivity contribution in [2.75, 3.05) is 18.7 Å². The molecule has 41 heavy (non-hydrogen) atoms. The summed E-state index contributed by atoms with van der Waals surface area (Å²) in [5.41, 5.74) is 6.49. The Morgan fingerprint density at radius 2 is 1.88 bits per heavy atom. The van der Waals surface area contributed by atoms with E-state index in [0.717, 1.165) is 0 Å². The fraction of sp³-hybridized carbons (Fsp3) is 0.200. The van der Waals surface area contributed by atoms with E-state index in [1.807, 2.05) is 0 Å². The molecule has 0 saturated heterocycles. The number of nitrogen functional groups attached to an aromatic ring is 1. The summed E-state index contributed by atoms with van der Waals surface area (Å²) in [5.74, 6) is -1.65. The van der Waals surface area contributed by atoms with Gasteiger partial charge in [-0.05, 0) is 42.0 Å². The van der Waals surface area contributed by atoms with Crippen molar-refractivity contribution in [3.8, 4) is 11.3 Å². The minimum Gasteiger partial charge on any atom is -0.393 e. The number of imidazole rings is 1. The molecule has 0 aliphatic rings. The highest BCUT2D eigenvalue weighted by Gasteiger charge is 2.28. The molecule has 5 rings (SSSR count). The van der Waals surface area contributed by atoms with E-state index in [2.05, 4.69) is 15.0 Å². The number of hydrogen-bond donors (Lipinski definition) is 2. The molecule has 16 heteroatoms. The lowest BCUT2D eigenvalue weighted by atomic mass is 10.1. The van der Waals surface area contributed by atoms with E-state index < -0.39 is 37.7 Å². The van der Waals surface area contributed by atoms with Gasteiger partial charge in [-0.15, -0.1) is 0 Å². The number of hydrogen-bond acceptors (Lipinski definition) is 11. The highest BCUT2D eigenvalue weighted by Crippen LogP contribution is 2.50. The molecule has 3 N–H and O–H groups in total. The van der Waals surface area contributed by atoms with Gasteiger partial charge in [-0.25, -0.2) is 14.2 Å². The van der Waals surface area contributed by atoms with Gasteiger partial charge in [-0.1, -0.05) is 23.7 Å². The number of H-pyrrole nitrogens is 1. The van der Waals surface area contributed by atoms with E-state index in [1.165, 1.54) is 30.6 Å². The first-order valence-electron chi connectivity index (χ1n) is 12.0. The molecule has 1 unspecified atom stereocenters. The summed E-state index contributed by atoms with van der Waals surface area (Å²) in [5, 5.41) is 0.461. The molecule has 3 heterocycles. The Balaban J connectivity index is 1.29. The molecular formula is C25H22ClFN5O8P. The molecule has 0 saturated carbocycles. The lowest BCUT2D eigenvalue weighted by molar-refractivity contribution is 0.114. The third-order valence-corrected chi connectivity index (χ3v) is 7.46. The lowest BCUT2D eigenvalue weighted by Gasteiger charge is -2.18. The van der Waals surface area contributed by atoms with E-state index in [1.54, 1.807) is 28.8 Å². The molecule has 1 atom stereocenters. The number of aromatic amines is 1. The second-order valence-corrected chi connectivity index (χ2v) is 11.0. The van der Waals surface area contributed by atoms with Crippen molar-refractivity contribution in [3.63, 3.8) is 0 Å². The maximum absolute atomic E-state index is 13.7. The van der Waals surface area contributed by atoms with Crippen LogP contribution in [0.25, 0.3) is 22.5 Å². The Hall–Kier alpha value is -4.07. The summed E-state index contributed by atoms with van der Waals surface area (Å²) < 4.78 is 55.7. The number of fused-ring (bicyclic) bond motifs is 1. The maximum Gasteiger partial charge on any atom is 0.519 e. The normalized spacial score (nSPS) is 13.0. The quantitative estimate of drug-likeness (QED) is 0.153. The Morgan fingerprint density at radius 1 is 1.10 bits per heavy atom. The molecule has 0 fully saturated rings. The maximum atomic E-state index is 13.7. The molecule has 2 aromatic carbocycles. The third kappa shape index (κ3) is 6.99. The zero-order valence-electron chi connectivity index (χ0n) is 21.1. The van der Waals surface area contributed by atoms with Crippen LogP contribution in [-0.4, -0.2) is 32.5 Å². The first kappa shape index (κ1) is 28.5. The van der Waals surface area contributed by atoms with Crippen molar-refractivity contribution in [1.29, 1.82) is 0 Å². The summed E-state index contributed by atoms with van der Waals surface area (Å²) in [6.07, 6.45) is 0.920. The summed E-state index contributed by atoms with van der Waals surface area (Å²) >= 11 is 6.04. The van der Waals surface area contributed by atoms with E-state index >= 15 is 0 Å². The Bertz CT molecular complexity index is 1830. The standard InChI is InChI=1S/C25H22ClFN5O8P/c26-17-3-1-2-15(10-17)11-37-41(35,14-36-9-8-32-13-29-20-22(32)30-24(28)31-23(20)33)38-12-19-21(40-25(34)39-19)16-4-6-18(27)7-5-16/h1-7,10,13H,8-9,11-12,14H2,(H3,28,30,31,33). The number of nitrogens with zero attached hydrogens (tertiary/aromatic N) is 3. The van der Waals surface area contributed by atoms with Gasteiger partial charge in [0.05, 0.1) is 19.5 Å². The van der Waals surface area contributed by atoms with Crippen LogP contribution >= 0.6 is 19.2 Å². The second-order valence-electron chi connectivity index (χ2n) is 8.60. The van der Waals surface area contributed by atoms with Crippen molar-refractivity contribution < 1.29 is 31.6 Å². The van der Waals surface area contributed by atoms with Gasteiger partial charge in [0.1, 0.15) is 18.8 Å². The fourth-order valence-electron chi connectivity index (χ4n) is 3.77. The Labute approximate surface area is 235 Å². The van der Waals surface area contributed by atoms with Gasteiger partial charge in [-0.2, -0.15) is 4.98 Å². The number of rotatable bonds is 12. The molecule has 3 aromatic heterocycles. The summed E-state index contributed by atoms with van der Waals surface area (Å²) in [4.78, 5) is 34.3. The molecule has 0 amide bonds. The van der Waals surface area contributed by atoms with Crippen molar-refractivity contribution in [2.45, 2.75) is 19.8 Å². The number of benzene rings is 2. The molecule has 214 valence electrons. The van der Waals surface area contributed by atoms with Gasteiger partial charge in [0.15, 0.2) is 22.7 Å². The van der Waals surface area contributed by atoms with Crippen LogP contribution in [0.2, 0.25) is 5.02 Å². The first-order valence-corrected chi connectivity index (χ1v) is 14.1. The molecule has 0 aliphatic carbocycles. The topological polar surface area (TPSA) is 178 Å². The van der Waals surface area contributed by atoms with Gasteiger partial charge >= 0.3 is 13.4 Å². The molecule has 0 spiro atoms. The average Bonchev–Trinajstić information content (AvgIpc) is 3.52.